The van der Waals surface area contributed by atoms with Crippen LogP contribution in [0.25, 0.3) is 5.82 Å². The molecule has 0 spiro atoms. The minimum atomic E-state index is -4.52. The van der Waals surface area contributed by atoms with Crippen LogP contribution in [-0.4, -0.2) is 32.7 Å². The maximum Gasteiger partial charge on any atom is 0.417 e. The highest BCUT2D eigenvalue weighted by Gasteiger charge is 2.31. The highest BCUT2D eigenvalue weighted by molar-refractivity contribution is 5.96. The fraction of sp³-hybridized carbons (Fsp3) is 0.333. The number of hydrogen-bond acceptors (Lipinski definition) is 5. The SMILES string of the molecule is Cc1cccc(O[C@H](C)C(=O)NNC(=O)c2cnn(-c3ccc(C(F)(F)F)cn3)c2C(C)C)c1C. The molecule has 11 heteroatoms. The third kappa shape index (κ3) is 5.79. The molecule has 0 bridgehead atoms. The smallest absolute Gasteiger partial charge is 0.417 e. The van der Waals surface area contributed by atoms with Crippen molar-refractivity contribution in [1.82, 2.24) is 25.6 Å². The number of carbonyl (C=O) groups excluding carboxylic acids is 2. The van der Waals surface area contributed by atoms with Gasteiger partial charge in [0, 0.05) is 6.20 Å². The molecule has 1 atom stereocenters. The number of hydrazine groups is 1. The van der Waals surface area contributed by atoms with Crippen LogP contribution in [0.2, 0.25) is 0 Å². The lowest BCUT2D eigenvalue weighted by Gasteiger charge is -2.17. The summed E-state index contributed by atoms with van der Waals surface area (Å²) in [5.74, 6) is -0.752. The number of amides is 2. The van der Waals surface area contributed by atoms with E-state index in [0.29, 0.717) is 17.6 Å². The first-order chi connectivity index (χ1) is 16.4. The van der Waals surface area contributed by atoms with Crippen LogP contribution in [0, 0.1) is 13.8 Å². The minimum absolute atomic E-state index is 0.125. The van der Waals surface area contributed by atoms with E-state index in [4.69, 9.17) is 4.74 Å². The van der Waals surface area contributed by atoms with Crippen LogP contribution in [0.4, 0.5) is 13.2 Å². The number of carbonyl (C=O) groups is 2. The molecule has 8 nitrogen and oxygen atoms in total. The van der Waals surface area contributed by atoms with Crippen molar-refractivity contribution in [2.45, 2.75) is 52.8 Å². The summed E-state index contributed by atoms with van der Waals surface area (Å²) < 4.78 is 45.6. The van der Waals surface area contributed by atoms with E-state index < -0.39 is 29.7 Å². The Bertz CT molecular complexity index is 1220. The van der Waals surface area contributed by atoms with E-state index in [9.17, 15) is 22.8 Å². The van der Waals surface area contributed by atoms with Gasteiger partial charge < -0.3 is 4.74 Å². The van der Waals surface area contributed by atoms with Gasteiger partial charge in [-0.1, -0.05) is 26.0 Å². The fourth-order valence-electron chi connectivity index (χ4n) is 3.33. The molecule has 0 saturated heterocycles. The third-order valence-electron chi connectivity index (χ3n) is 5.42. The molecule has 2 aromatic heterocycles. The van der Waals surface area contributed by atoms with Gasteiger partial charge >= 0.3 is 6.18 Å². The number of alkyl halides is 3. The first-order valence-electron chi connectivity index (χ1n) is 10.8. The van der Waals surface area contributed by atoms with Crippen molar-refractivity contribution in [3.05, 3.63) is 70.7 Å². The molecule has 186 valence electrons. The molecular formula is C24H26F3N5O3. The van der Waals surface area contributed by atoms with E-state index in [1.54, 1.807) is 26.8 Å². The Labute approximate surface area is 200 Å². The van der Waals surface area contributed by atoms with E-state index in [1.165, 1.54) is 16.9 Å². The zero-order valence-electron chi connectivity index (χ0n) is 19.9. The molecule has 1 aromatic carbocycles. The second-order valence-corrected chi connectivity index (χ2v) is 8.31. The van der Waals surface area contributed by atoms with Crippen molar-refractivity contribution in [2.75, 3.05) is 0 Å². The summed E-state index contributed by atoms with van der Waals surface area (Å²) in [6, 6.07) is 7.58. The third-order valence-corrected chi connectivity index (χ3v) is 5.42. The number of rotatable bonds is 6. The van der Waals surface area contributed by atoms with Gasteiger partial charge in [0.05, 0.1) is 23.0 Å². The standard InChI is InChI=1S/C24H26F3N5O3/c1-13(2)21-18(12-29-32(21)20-10-9-17(11-28-20)24(25,26)27)23(34)31-30-22(33)16(5)35-19-8-6-7-14(3)15(19)4/h6-13,16H,1-5H3,(H,30,33)(H,31,34)/t16-/m1/s1. The Hall–Kier alpha value is -3.89. The monoisotopic (exact) mass is 489 g/mol. The second kappa shape index (κ2) is 10.2. The Balaban J connectivity index is 1.72. The number of benzene rings is 1. The molecule has 0 aliphatic carbocycles. The molecule has 0 unspecified atom stereocenters. The average Bonchev–Trinajstić information content (AvgIpc) is 3.25. The second-order valence-electron chi connectivity index (χ2n) is 8.31. The molecule has 2 heterocycles. The van der Waals surface area contributed by atoms with E-state index in [2.05, 4.69) is 20.9 Å². The normalized spacial score (nSPS) is 12.4. The van der Waals surface area contributed by atoms with Crippen LogP contribution in [0.3, 0.4) is 0 Å². The lowest BCUT2D eigenvalue weighted by molar-refractivity contribution is -0.137. The zero-order valence-corrected chi connectivity index (χ0v) is 19.9. The summed E-state index contributed by atoms with van der Waals surface area (Å²) in [6.07, 6.45) is -3.43. The van der Waals surface area contributed by atoms with Crippen LogP contribution >= 0.6 is 0 Å². The number of ether oxygens (including phenoxy) is 1. The maximum atomic E-state index is 12.8. The molecule has 3 rings (SSSR count). The van der Waals surface area contributed by atoms with Crippen LogP contribution in [-0.2, 0) is 11.0 Å². The number of nitrogens with zero attached hydrogens (tertiary/aromatic N) is 3. The van der Waals surface area contributed by atoms with Gasteiger partial charge in [-0.3, -0.25) is 20.4 Å². The highest BCUT2D eigenvalue weighted by atomic mass is 19.4. The topological polar surface area (TPSA) is 98.1 Å². The van der Waals surface area contributed by atoms with Gasteiger partial charge in [-0.05, 0) is 56.0 Å². The molecular weight excluding hydrogens is 463 g/mol. The number of nitrogens with one attached hydrogen (secondary N) is 2. The molecule has 0 aliphatic rings. The summed E-state index contributed by atoms with van der Waals surface area (Å²) in [5, 5.41) is 4.13. The lowest BCUT2D eigenvalue weighted by Crippen LogP contribution is -2.47. The van der Waals surface area contributed by atoms with Crippen molar-refractivity contribution >= 4 is 11.8 Å². The van der Waals surface area contributed by atoms with Crippen LogP contribution in [0.5, 0.6) is 5.75 Å². The van der Waals surface area contributed by atoms with Gasteiger partial charge in [0.2, 0.25) is 0 Å². The van der Waals surface area contributed by atoms with Gasteiger partial charge in [0.25, 0.3) is 11.8 Å². The van der Waals surface area contributed by atoms with Gasteiger partial charge in [0.1, 0.15) is 5.75 Å². The van der Waals surface area contributed by atoms with Crippen molar-refractivity contribution < 1.29 is 27.5 Å². The Morgan fingerprint density at radius 3 is 2.34 bits per heavy atom. The van der Waals surface area contributed by atoms with Crippen LogP contribution in [0.1, 0.15) is 59.4 Å². The molecule has 0 saturated carbocycles. The van der Waals surface area contributed by atoms with Crippen LogP contribution in [0.15, 0.2) is 42.7 Å². The molecule has 2 N–H and O–H groups in total. The quantitative estimate of drug-likeness (QED) is 0.505. The summed E-state index contributed by atoms with van der Waals surface area (Å²) in [5.41, 5.74) is 6.27. The highest BCUT2D eigenvalue weighted by Crippen LogP contribution is 2.29. The van der Waals surface area contributed by atoms with Crippen LogP contribution < -0.4 is 15.6 Å². The van der Waals surface area contributed by atoms with E-state index >= 15 is 0 Å². The molecule has 2 amide bonds. The fourth-order valence-corrected chi connectivity index (χ4v) is 3.33. The molecule has 3 aromatic rings. The number of pyridine rings is 1. The molecule has 35 heavy (non-hydrogen) atoms. The first-order valence-corrected chi connectivity index (χ1v) is 10.8. The van der Waals surface area contributed by atoms with E-state index in [-0.39, 0.29) is 17.3 Å². The largest absolute Gasteiger partial charge is 0.481 e. The van der Waals surface area contributed by atoms with E-state index in [1.807, 2.05) is 26.0 Å². The lowest BCUT2D eigenvalue weighted by atomic mass is 10.1. The number of hydrogen-bond donors (Lipinski definition) is 2. The summed E-state index contributed by atoms with van der Waals surface area (Å²) in [7, 11) is 0. The van der Waals surface area contributed by atoms with Crippen molar-refractivity contribution in [3.63, 3.8) is 0 Å². The van der Waals surface area contributed by atoms with Crippen molar-refractivity contribution in [3.8, 4) is 11.6 Å². The van der Waals surface area contributed by atoms with Crippen molar-refractivity contribution in [1.29, 1.82) is 0 Å². The number of aromatic nitrogens is 3. The summed E-state index contributed by atoms with van der Waals surface area (Å²) in [4.78, 5) is 29.1. The van der Waals surface area contributed by atoms with Gasteiger partial charge in [-0.15, -0.1) is 0 Å². The van der Waals surface area contributed by atoms with E-state index in [0.717, 1.165) is 17.2 Å². The number of halogens is 3. The average molecular weight is 489 g/mol. The predicted octanol–water partition coefficient (Wildman–Crippen LogP) is 4.25. The Kier molecular flexibility index (Phi) is 7.47. The van der Waals surface area contributed by atoms with Crippen molar-refractivity contribution in [2.24, 2.45) is 0 Å². The number of aryl methyl sites for hydroxylation is 1. The zero-order chi connectivity index (χ0) is 25.9. The van der Waals surface area contributed by atoms with Gasteiger partial charge in [0.15, 0.2) is 11.9 Å². The first kappa shape index (κ1) is 25.7. The molecule has 0 aliphatic heterocycles. The Morgan fingerprint density at radius 1 is 1.03 bits per heavy atom. The van der Waals surface area contributed by atoms with Gasteiger partial charge in [-0.25, -0.2) is 9.67 Å². The summed E-state index contributed by atoms with van der Waals surface area (Å²) >= 11 is 0. The molecule has 0 radical (unpaired) electrons. The minimum Gasteiger partial charge on any atom is -0.481 e. The summed E-state index contributed by atoms with van der Waals surface area (Å²) in [6.45, 7) is 8.96. The Morgan fingerprint density at radius 2 is 1.74 bits per heavy atom. The van der Waals surface area contributed by atoms with Gasteiger partial charge in [-0.2, -0.15) is 18.3 Å². The predicted molar refractivity (Wildman–Crippen MR) is 122 cm³/mol. The molecule has 0 fully saturated rings. The maximum absolute atomic E-state index is 12.8.